The van der Waals surface area contributed by atoms with E-state index in [1.165, 1.54) is 0 Å². The zero-order valence-electron chi connectivity index (χ0n) is 7.02. The Labute approximate surface area is 103 Å². The molecule has 6 heteroatoms. The fourth-order valence-electron chi connectivity index (χ4n) is 0.874. The van der Waals surface area contributed by atoms with E-state index in [1.54, 1.807) is 0 Å². The minimum Gasteiger partial charge on any atom is -0.297 e. The van der Waals surface area contributed by atoms with Crippen molar-refractivity contribution in [3.63, 3.8) is 0 Å². The van der Waals surface area contributed by atoms with E-state index in [9.17, 15) is 0 Å². The maximum absolute atomic E-state index is 6.13. The van der Waals surface area contributed by atoms with Crippen molar-refractivity contribution in [2.24, 2.45) is 0 Å². The molecule has 0 spiro atoms. The van der Waals surface area contributed by atoms with Crippen molar-refractivity contribution in [3.05, 3.63) is 0 Å². The van der Waals surface area contributed by atoms with Gasteiger partial charge in [-0.3, -0.25) is 4.90 Å². The van der Waals surface area contributed by atoms with Gasteiger partial charge in [-0.2, -0.15) is 0 Å². The maximum atomic E-state index is 6.13. The lowest BCUT2D eigenvalue weighted by molar-refractivity contribution is 0.251. The van der Waals surface area contributed by atoms with Crippen LogP contribution in [0.2, 0.25) is 0 Å². The summed E-state index contributed by atoms with van der Waals surface area (Å²) in [5, 5.41) is 0. The molecule has 0 bridgehead atoms. The smallest absolute Gasteiger partial charge is 0.189 e. The highest BCUT2D eigenvalue weighted by Gasteiger charge is 2.43. The zero-order valence-corrected chi connectivity index (χ0v) is 11.3. The second-order valence-electron chi connectivity index (χ2n) is 2.39. The van der Waals surface area contributed by atoms with Crippen LogP contribution >= 0.6 is 47.4 Å². The van der Waals surface area contributed by atoms with Crippen LogP contribution in [0.15, 0.2) is 0 Å². The van der Waals surface area contributed by atoms with Crippen LogP contribution in [-0.2, 0) is 0 Å². The third-order valence-electron chi connectivity index (χ3n) is 1.65. The standard InChI is InChI=1S/C6H11Cl3NS.Al/c1-3-10(4-2)5(7)6(8,9)11;/h11H,3-4H2,1-2H3;. The van der Waals surface area contributed by atoms with E-state index in [1.807, 2.05) is 18.7 Å². The minimum absolute atomic E-state index is 0.769. The summed E-state index contributed by atoms with van der Waals surface area (Å²) in [7, 11) is 0. The van der Waals surface area contributed by atoms with E-state index >= 15 is 0 Å². The van der Waals surface area contributed by atoms with E-state index in [4.69, 9.17) is 34.8 Å². The van der Waals surface area contributed by atoms with Gasteiger partial charge in [0.05, 0.1) is 3.86 Å². The molecule has 2 radical (unpaired) electrons. The van der Waals surface area contributed by atoms with E-state index in [0.717, 1.165) is 13.1 Å². The Bertz CT molecular complexity index is 144. The summed E-state index contributed by atoms with van der Waals surface area (Å²) in [5.41, 5.74) is 0. The molecule has 0 aliphatic heterocycles. The van der Waals surface area contributed by atoms with Gasteiger partial charge in [-0.15, -0.1) is 24.2 Å². The molecule has 12 heavy (non-hydrogen) atoms. The average molecular weight is 263 g/mol. The lowest BCUT2D eigenvalue weighted by atomic mass is 10.5. The summed E-state index contributed by atoms with van der Waals surface area (Å²) >= 11 is 24.2. The summed E-state index contributed by atoms with van der Waals surface area (Å²) in [5.74, 6) is 0. The molecule has 0 fully saturated rings. The first-order valence-electron chi connectivity index (χ1n) is 3.60. The molecule has 0 aliphatic rings. The normalized spacial score (nSPS) is 17.9. The van der Waals surface area contributed by atoms with Crippen LogP contribution in [0.5, 0.6) is 0 Å². The van der Waals surface area contributed by atoms with Crippen LogP contribution in [-0.4, -0.2) is 41.8 Å². The molecule has 0 aromatic heterocycles. The van der Waals surface area contributed by atoms with Crippen LogP contribution in [0.3, 0.4) is 0 Å². The molecule has 1 unspecified atom stereocenters. The average Bonchev–Trinajstić information content (AvgIpc) is 1.87. The molecule has 0 rings (SSSR count). The molecule has 1 nitrogen and oxygen atoms in total. The Morgan fingerprint density at radius 3 is 1.67 bits per heavy atom. The molecule has 0 saturated heterocycles. The summed E-state index contributed by atoms with van der Waals surface area (Å²) in [6.07, 6.45) is 0. The third-order valence-corrected chi connectivity index (χ3v) is 4.82. The molecular weight excluding hydrogens is 251 g/mol. The Hall–Kier alpha value is 1.71. The molecule has 0 amide bonds. The van der Waals surface area contributed by atoms with Gasteiger partial charge in [-0.05, 0) is 13.1 Å². The minimum atomic E-state index is -1.29. The maximum Gasteiger partial charge on any atom is 0.189 e. The third kappa shape index (κ3) is 3.13. The highest BCUT2D eigenvalue weighted by molar-refractivity contribution is 7.85. The Morgan fingerprint density at radius 1 is 1.25 bits per heavy atom. The van der Waals surface area contributed by atoms with E-state index in [0.29, 0.717) is 0 Å². The highest BCUT2D eigenvalue weighted by atomic mass is 35.5. The zero-order chi connectivity index (χ0) is 9.99. The van der Waals surface area contributed by atoms with Crippen molar-refractivity contribution < 1.29 is 0 Å². The van der Waals surface area contributed by atoms with Crippen molar-refractivity contribution in [3.8, 4) is 0 Å². The van der Waals surface area contributed by atoms with Gasteiger partial charge in [0.2, 0.25) is 0 Å². The molecule has 0 aromatic carbocycles. The fraction of sp³-hybridized carbons (Fsp3) is 1.00. The molecule has 0 aliphatic carbocycles. The van der Waals surface area contributed by atoms with Crippen molar-refractivity contribution in [2.45, 2.75) is 21.4 Å². The number of alkyl halides is 3. The Morgan fingerprint density at radius 2 is 1.58 bits per heavy atom. The highest BCUT2D eigenvalue weighted by Crippen LogP contribution is 2.42. The van der Waals surface area contributed by atoms with Gasteiger partial charge in [0.25, 0.3) is 0 Å². The first kappa shape index (κ1) is 13.7. The van der Waals surface area contributed by atoms with Gasteiger partial charge >= 0.3 is 0 Å². The van der Waals surface area contributed by atoms with Gasteiger partial charge in [0.15, 0.2) is 20.0 Å². The second kappa shape index (κ2) is 4.98. The fourth-order valence-corrected chi connectivity index (χ4v) is 1.86. The first-order valence-corrected chi connectivity index (χ1v) is 5.76. The number of thiol groups is 1. The summed E-state index contributed by atoms with van der Waals surface area (Å²) in [6, 6.07) is 0. The van der Waals surface area contributed by atoms with Crippen molar-refractivity contribution in [1.29, 1.82) is 0 Å². The largest absolute Gasteiger partial charge is 0.297 e. The molecule has 1 atom stereocenters. The molecule has 0 saturated carbocycles. The van der Waals surface area contributed by atoms with Crippen LogP contribution < -0.4 is 0 Å². The molecule has 0 N–H and O–H groups in total. The SMILES string of the molecule is CCN(CC)[C]([Al])(Cl)C(S)(Cl)Cl. The van der Waals surface area contributed by atoms with E-state index < -0.39 is 7.53 Å². The predicted octanol–water partition coefficient (Wildman–Crippen LogP) is 2.45. The predicted molar refractivity (Wildman–Crippen MR) is 60.7 cm³/mol. The summed E-state index contributed by atoms with van der Waals surface area (Å²) < 4.78 is -2.21. The van der Waals surface area contributed by atoms with Crippen molar-refractivity contribution in [2.75, 3.05) is 13.1 Å². The van der Waals surface area contributed by atoms with Gasteiger partial charge < -0.3 is 0 Å². The monoisotopic (exact) mass is 261 g/mol. The molecule has 0 heterocycles. The lowest BCUT2D eigenvalue weighted by Crippen LogP contribution is -2.53. The van der Waals surface area contributed by atoms with Crippen LogP contribution in [0.4, 0.5) is 0 Å². The summed E-state index contributed by atoms with van der Waals surface area (Å²) in [6.45, 7) is 5.51. The van der Waals surface area contributed by atoms with Crippen molar-refractivity contribution in [1.82, 2.24) is 4.90 Å². The topological polar surface area (TPSA) is 3.24 Å². The second-order valence-corrected chi connectivity index (χ2v) is 6.69. The Balaban J connectivity index is 4.57. The van der Waals surface area contributed by atoms with E-state index in [2.05, 4.69) is 28.9 Å². The number of rotatable bonds is 4. The van der Waals surface area contributed by atoms with Gasteiger partial charge in [0.1, 0.15) is 0 Å². The Kier molecular flexibility index (Phi) is 5.69. The molecule has 70 valence electrons. The lowest BCUT2D eigenvalue weighted by Gasteiger charge is -2.42. The summed E-state index contributed by atoms with van der Waals surface area (Å²) in [4.78, 5) is 1.91. The number of hydrogen-bond acceptors (Lipinski definition) is 2. The van der Waals surface area contributed by atoms with Crippen LogP contribution in [0.25, 0.3) is 0 Å². The van der Waals surface area contributed by atoms with Gasteiger partial charge in [-0.25, -0.2) is 0 Å². The quantitative estimate of drug-likeness (QED) is 0.352. The van der Waals surface area contributed by atoms with Crippen molar-refractivity contribution >= 4 is 63.7 Å². The van der Waals surface area contributed by atoms with Gasteiger partial charge in [-0.1, -0.05) is 37.0 Å². The molecular formula is C6H11AlCl3NS. The number of nitrogens with zero attached hydrogens (tertiary/aromatic N) is 1. The number of halogens is 3. The first-order chi connectivity index (χ1) is 5.27. The van der Waals surface area contributed by atoms with Crippen LogP contribution in [0, 0.1) is 0 Å². The molecule has 0 aromatic rings. The van der Waals surface area contributed by atoms with Gasteiger partial charge in [0, 0.05) is 0 Å². The van der Waals surface area contributed by atoms with Crippen LogP contribution in [0.1, 0.15) is 13.8 Å². The number of hydrogen-bond donors (Lipinski definition) is 1. The van der Waals surface area contributed by atoms with E-state index in [-0.39, 0.29) is 0 Å².